The Hall–Kier alpha value is -0.380. The molecule has 1 aliphatic heterocycles. The summed E-state index contributed by atoms with van der Waals surface area (Å²) in [6, 6.07) is 2.71. The van der Waals surface area contributed by atoms with E-state index in [4.69, 9.17) is 0 Å². The van der Waals surface area contributed by atoms with Crippen LogP contribution in [0.5, 0.6) is 0 Å². The minimum Gasteiger partial charge on any atom is -0.311 e. The van der Waals surface area contributed by atoms with Crippen LogP contribution in [0, 0.1) is 6.92 Å². The second kappa shape index (κ2) is 6.38. The number of likely N-dealkylation sites (N-methyl/N-ethyl adjacent to an activating group) is 1. The summed E-state index contributed by atoms with van der Waals surface area (Å²) in [5.41, 5.74) is 1.72. The van der Waals surface area contributed by atoms with E-state index in [0.29, 0.717) is 6.04 Å². The number of rotatable bonds is 6. The largest absolute Gasteiger partial charge is 0.311 e. The van der Waals surface area contributed by atoms with E-state index in [1.54, 1.807) is 0 Å². The number of likely N-dealkylation sites (tertiary alicyclic amines) is 1. The fourth-order valence-electron chi connectivity index (χ4n) is 3.77. The van der Waals surface area contributed by atoms with E-state index in [1.165, 1.54) is 49.2 Å². The maximum Gasteiger partial charge on any atom is 0.0601 e. The van der Waals surface area contributed by atoms with Crippen molar-refractivity contribution in [3.8, 4) is 0 Å². The predicted octanol–water partition coefficient (Wildman–Crippen LogP) is 3.97. The number of nitrogens with zero attached hydrogens (tertiary/aromatic N) is 1. The molecular weight excluding hydrogens is 252 g/mol. The predicted molar refractivity (Wildman–Crippen MR) is 85.0 cm³/mol. The third-order valence-electron chi connectivity index (χ3n) is 4.95. The molecule has 1 atom stereocenters. The highest BCUT2D eigenvalue weighted by Crippen LogP contribution is 2.41. The van der Waals surface area contributed by atoms with Gasteiger partial charge in [0, 0.05) is 10.4 Å². The molecule has 0 aromatic carbocycles. The molecule has 0 amide bonds. The first kappa shape index (κ1) is 15.0. The number of aryl methyl sites for hydroxylation is 1. The molecule has 1 aromatic rings. The molecular formula is C16H28N2S. The maximum absolute atomic E-state index is 3.63. The summed E-state index contributed by atoms with van der Waals surface area (Å²) >= 11 is 1.91. The highest BCUT2D eigenvalue weighted by Gasteiger charge is 2.42. The van der Waals surface area contributed by atoms with Crippen LogP contribution in [0.1, 0.15) is 56.0 Å². The molecule has 0 spiro atoms. The van der Waals surface area contributed by atoms with Crippen molar-refractivity contribution in [3.63, 3.8) is 0 Å². The molecule has 1 saturated heterocycles. The van der Waals surface area contributed by atoms with Crippen LogP contribution >= 0.6 is 11.3 Å². The van der Waals surface area contributed by atoms with Crippen molar-refractivity contribution in [2.45, 2.75) is 58.0 Å². The van der Waals surface area contributed by atoms with Crippen molar-refractivity contribution in [3.05, 3.63) is 21.9 Å². The van der Waals surface area contributed by atoms with E-state index >= 15 is 0 Å². The summed E-state index contributed by atoms with van der Waals surface area (Å²) in [6.07, 6.45) is 5.15. The van der Waals surface area contributed by atoms with Crippen molar-refractivity contribution in [2.75, 3.05) is 20.1 Å². The van der Waals surface area contributed by atoms with Crippen molar-refractivity contribution < 1.29 is 0 Å². The Morgan fingerprint density at radius 3 is 2.37 bits per heavy atom. The molecule has 0 bridgehead atoms. The molecule has 1 aliphatic rings. The molecule has 0 radical (unpaired) electrons. The molecule has 2 rings (SSSR count). The fraction of sp³-hybridized carbons (Fsp3) is 0.750. The highest BCUT2D eigenvalue weighted by molar-refractivity contribution is 7.10. The first-order valence-electron chi connectivity index (χ1n) is 7.66. The summed E-state index contributed by atoms with van der Waals surface area (Å²) in [5, 5.41) is 5.86. The third-order valence-corrected chi connectivity index (χ3v) is 6.03. The lowest BCUT2D eigenvalue weighted by Gasteiger charge is -2.46. The van der Waals surface area contributed by atoms with E-state index in [-0.39, 0.29) is 5.54 Å². The summed E-state index contributed by atoms with van der Waals surface area (Å²) in [7, 11) is 2.12. The van der Waals surface area contributed by atoms with Crippen LogP contribution in [-0.4, -0.2) is 30.6 Å². The lowest BCUT2D eigenvalue weighted by molar-refractivity contribution is 0.0658. The lowest BCUT2D eigenvalue weighted by atomic mass is 9.81. The minimum absolute atomic E-state index is 0.279. The van der Waals surface area contributed by atoms with E-state index in [9.17, 15) is 0 Å². The van der Waals surface area contributed by atoms with Crippen molar-refractivity contribution >= 4 is 11.3 Å². The zero-order valence-electron chi connectivity index (χ0n) is 12.8. The Bertz CT molecular complexity index is 389. The van der Waals surface area contributed by atoms with Crippen molar-refractivity contribution in [1.29, 1.82) is 0 Å². The molecule has 0 saturated carbocycles. The average Bonchev–Trinajstić information content (AvgIpc) is 3.08. The van der Waals surface area contributed by atoms with Gasteiger partial charge in [-0.05, 0) is 69.8 Å². The third kappa shape index (κ3) is 2.61. The van der Waals surface area contributed by atoms with Gasteiger partial charge in [-0.3, -0.25) is 4.90 Å². The van der Waals surface area contributed by atoms with Crippen LogP contribution in [0.2, 0.25) is 0 Å². The van der Waals surface area contributed by atoms with Gasteiger partial charge in [0.25, 0.3) is 0 Å². The smallest absolute Gasteiger partial charge is 0.0601 e. The molecule has 108 valence electrons. The lowest BCUT2D eigenvalue weighted by Crippen LogP contribution is -2.54. The molecule has 2 heterocycles. The summed E-state index contributed by atoms with van der Waals surface area (Å²) in [6.45, 7) is 9.50. The quantitative estimate of drug-likeness (QED) is 0.848. The van der Waals surface area contributed by atoms with Crippen LogP contribution in [0.3, 0.4) is 0 Å². The Balaban J connectivity index is 2.37. The van der Waals surface area contributed by atoms with Crippen LogP contribution in [0.25, 0.3) is 0 Å². The Morgan fingerprint density at radius 2 is 1.95 bits per heavy atom. The van der Waals surface area contributed by atoms with Crippen LogP contribution in [-0.2, 0) is 0 Å². The Morgan fingerprint density at radius 1 is 1.32 bits per heavy atom. The van der Waals surface area contributed by atoms with Crippen molar-refractivity contribution in [2.24, 2.45) is 0 Å². The number of hydrogen-bond acceptors (Lipinski definition) is 3. The van der Waals surface area contributed by atoms with E-state index in [1.807, 2.05) is 11.3 Å². The standard InChI is InChI=1S/C16H28N2S/c1-5-16(6-2,18-10-7-8-11-18)15(17-4)14-13(3)9-12-19-14/h9,12,15,17H,5-8,10-11H2,1-4H3. The summed E-state index contributed by atoms with van der Waals surface area (Å²) < 4.78 is 0. The van der Waals surface area contributed by atoms with Gasteiger partial charge in [-0.2, -0.15) is 0 Å². The van der Waals surface area contributed by atoms with Gasteiger partial charge in [0.2, 0.25) is 0 Å². The molecule has 2 nitrogen and oxygen atoms in total. The first-order valence-corrected chi connectivity index (χ1v) is 8.53. The van der Waals surface area contributed by atoms with Gasteiger partial charge in [-0.15, -0.1) is 11.3 Å². The Labute approximate surface area is 122 Å². The topological polar surface area (TPSA) is 15.3 Å². The average molecular weight is 280 g/mol. The van der Waals surface area contributed by atoms with Gasteiger partial charge >= 0.3 is 0 Å². The second-order valence-corrected chi connectivity index (χ2v) is 6.64. The van der Waals surface area contributed by atoms with Gasteiger partial charge in [0.05, 0.1) is 6.04 Å². The van der Waals surface area contributed by atoms with Crippen LogP contribution in [0.4, 0.5) is 0 Å². The normalized spacial score (nSPS) is 18.9. The molecule has 3 heteroatoms. The van der Waals surface area contributed by atoms with Crippen LogP contribution in [0.15, 0.2) is 11.4 Å². The summed E-state index contributed by atoms with van der Waals surface area (Å²) in [5.74, 6) is 0. The molecule has 1 aromatic heterocycles. The molecule has 1 N–H and O–H groups in total. The number of nitrogens with one attached hydrogen (secondary N) is 1. The fourth-order valence-corrected chi connectivity index (χ4v) is 4.92. The maximum atomic E-state index is 3.63. The Kier molecular flexibility index (Phi) is 5.04. The molecule has 19 heavy (non-hydrogen) atoms. The van der Waals surface area contributed by atoms with Gasteiger partial charge < -0.3 is 5.32 Å². The van der Waals surface area contributed by atoms with E-state index < -0.39 is 0 Å². The monoisotopic (exact) mass is 280 g/mol. The SMILES string of the molecule is CCC(CC)(C(NC)c1sccc1C)N1CCCC1. The van der Waals surface area contributed by atoms with Gasteiger partial charge in [0.15, 0.2) is 0 Å². The van der Waals surface area contributed by atoms with Crippen LogP contribution < -0.4 is 5.32 Å². The molecule has 0 aliphatic carbocycles. The zero-order chi connectivity index (χ0) is 13.9. The minimum atomic E-state index is 0.279. The van der Waals surface area contributed by atoms with Gasteiger partial charge in [0.1, 0.15) is 0 Å². The number of thiophene rings is 1. The van der Waals surface area contributed by atoms with Gasteiger partial charge in [-0.1, -0.05) is 13.8 Å². The van der Waals surface area contributed by atoms with Gasteiger partial charge in [-0.25, -0.2) is 0 Å². The van der Waals surface area contributed by atoms with Crippen molar-refractivity contribution in [1.82, 2.24) is 10.2 Å². The summed E-state index contributed by atoms with van der Waals surface area (Å²) in [4.78, 5) is 4.27. The van der Waals surface area contributed by atoms with E-state index in [0.717, 1.165) is 0 Å². The zero-order valence-corrected chi connectivity index (χ0v) is 13.6. The first-order chi connectivity index (χ1) is 9.19. The number of hydrogen-bond donors (Lipinski definition) is 1. The second-order valence-electron chi connectivity index (χ2n) is 5.69. The highest BCUT2D eigenvalue weighted by atomic mass is 32.1. The molecule has 1 unspecified atom stereocenters. The molecule has 1 fully saturated rings. The van der Waals surface area contributed by atoms with E-state index in [2.05, 4.69) is 49.5 Å².